The molecule has 0 radical (unpaired) electrons. The van der Waals surface area contributed by atoms with Crippen molar-refractivity contribution in [1.82, 2.24) is 15.3 Å². The average Bonchev–Trinajstić information content (AvgIpc) is 2.53. The van der Waals surface area contributed by atoms with Gasteiger partial charge in [-0.25, -0.2) is 14.8 Å². The largest absolute Gasteiger partial charge is 0.445 e. The Bertz CT molecular complexity index is 682. The molecule has 2 N–H and O–H groups in total. The van der Waals surface area contributed by atoms with Gasteiger partial charge >= 0.3 is 6.09 Å². The fraction of sp³-hybridized carbons (Fsp3) is 0.214. The summed E-state index contributed by atoms with van der Waals surface area (Å²) in [6.07, 6.45) is 1.10. The Morgan fingerprint density at radius 1 is 1.17 bits per heavy atom. The van der Waals surface area contributed by atoms with Gasteiger partial charge in [-0.05, 0) is 12.1 Å². The smallest absolute Gasteiger partial charge is 0.409 e. The van der Waals surface area contributed by atoms with E-state index in [1.165, 1.54) is 12.4 Å². The van der Waals surface area contributed by atoms with E-state index in [2.05, 4.69) is 20.6 Å². The van der Waals surface area contributed by atoms with Gasteiger partial charge in [0.05, 0.1) is 0 Å². The number of carbonyl (C=O) groups excluding carboxylic acids is 1. The van der Waals surface area contributed by atoms with E-state index in [0.29, 0.717) is 10.6 Å². The highest BCUT2D eigenvalue weighted by Gasteiger charge is 2.35. The molecule has 6 nitrogen and oxygen atoms in total. The summed E-state index contributed by atoms with van der Waals surface area (Å²) in [6.45, 7) is -0.0279. The van der Waals surface area contributed by atoms with Gasteiger partial charge in [-0.2, -0.15) is 0 Å². The monoisotopic (exact) mass is 408 g/mol. The second-order valence-electron chi connectivity index (χ2n) is 4.50. The molecule has 0 bridgehead atoms. The molecule has 0 aliphatic rings. The lowest BCUT2D eigenvalue weighted by Crippen LogP contribution is -2.49. The lowest BCUT2D eigenvalue weighted by Gasteiger charge is -2.25. The third-order valence-electron chi connectivity index (χ3n) is 2.75. The van der Waals surface area contributed by atoms with Crippen LogP contribution in [0.3, 0.4) is 0 Å². The summed E-state index contributed by atoms with van der Waals surface area (Å²) in [7, 11) is 0. The number of ether oxygens (including phenoxy) is 1. The second kappa shape index (κ2) is 8.58. The van der Waals surface area contributed by atoms with Crippen LogP contribution in [0.4, 0.5) is 10.7 Å². The number of anilines is 1. The van der Waals surface area contributed by atoms with Crippen LogP contribution in [0, 0.1) is 0 Å². The third kappa shape index (κ3) is 5.87. The lowest BCUT2D eigenvalue weighted by molar-refractivity contribution is 0.137. The number of aromatic nitrogens is 2. The van der Waals surface area contributed by atoms with Crippen molar-refractivity contribution in [3.05, 3.63) is 53.3 Å². The Morgan fingerprint density at radius 3 is 2.46 bits per heavy atom. The van der Waals surface area contributed by atoms with Crippen molar-refractivity contribution in [2.24, 2.45) is 0 Å². The second-order valence-corrected chi connectivity index (χ2v) is 7.28. The van der Waals surface area contributed by atoms with Crippen LogP contribution in [-0.4, -0.2) is 26.0 Å². The van der Waals surface area contributed by atoms with E-state index in [1.54, 1.807) is 30.3 Å². The van der Waals surface area contributed by atoms with Gasteiger partial charge in [0.2, 0.25) is 9.74 Å². The molecule has 24 heavy (non-hydrogen) atoms. The Labute approximate surface area is 158 Å². The predicted octanol–water partition coefficient (Wildman–Crippen LogP) is 4.16. The molecule has 1 aromatic carbocycles. The number of amides is 1. The van der Waals surface area contributed by atoms with Gasteiger partial charge in [0, 0.05) is 23.0 Å². The maximum absolute atomic E-state index is 11.9. The molecule has 0 saturated carbocycles. The van der Waals surface area contributed by atoms with Gasteiger partial charge in [0.15, 0.2) is 6.17 Å². The molecule has 0 spiro atoms. The van der Waals surface area contributed by atoms with Gasteiger partial charge < -0.3 is 10.1 Å². The molecular formula is C14H12Cl4N4O2. The summed E-state index contributed by atoms with van der Waals surface area (Å²) in [4.78, 5) is 19.8. The van der Waals surface area contributed by atoms with Crippen molar-refractivity contribution in [2.75, 3.05) is 5.32 Å². The Morgan fingerprint density at radius 2 is 1.83 bits per heavy atom. The molecule has 0 aliphatic heterocycles. The van der Waals surface area contributed by atoms with Crippen molar-refractivity contribution >= 4 is 58.4 Å². The molecule has 0 saturated heterocycles. The number of rotatable bonds is 5. The zero-order valence-electron chi connectivity index (χ0n) is 12.0. The van der Waals surface area contributed by atoms with Crippen LogP contribution in [-0.2, 0) is 11.3 Å². The third-order valence-corrected chi connectivity index (χ3v) is 3.77. The molecule has 1 atom stereocenters. The first-order valence-electron chi connectivity index (χ1n) is 6.63. The number of benzene rings is 1. The van der Waals surface area contributed by atoms with Crippen molar-refractivity contribution in [1.29, 1.82) is 0 Å². The number of alkyl halides is 3. The maximum atomic E-state index is 11.9. The van der Waals surface area contributed by atoms with Gasteiger partial charge in [-0.1, -0.05) is 64.6 Å². The number of nitrogens with one attached hydrogen (secondary N) is 2. The molecule has 128 valence electrons. The van der Waals surface area contributed by atoms with E-state index in [4.69, 9.17) is 51.1 Å². The summed E-state index contributed by atoms with van der Waals surface area (Å²) in [5.41, 5.74) is 0.652. The summed E-state index contributed by atoms with van der Waals surface area (Å²) >= 11 is 23.6. The van der Waals surface area contributed by atoms with Crippen molar-refractivity contribution in [3.63, 3.8) is 0 Å². The van der Waals surface area contributed by atoms with Gasteiger partial charge in [0.25, 0.3) is 0 Å². The van der Waals surface area contributed by atoms with Crippen LogP contribution in [0.1, 0.15) is 5.56 Å². The average molecular weight is 410 g/mol. The highest BCUT2D eigenvalue weighted by Crippen LogP contribution is 2.30. The Kier molecular flexibility index (Phi) is 6.74. The van der Waals surface area contributed by atoms with E-state index < -0.39 is 16.1 Å². The number of alkyl carbamates (subject to hydrolysis) is 1. The zero-order chi connectivity index (χ0) is 17.6. The zero-order valence-corrected chi connectivity index (χ0v) is 15.1. The van der Waals surface area contributed by atoms with E-state index in [0.717, 1.165) is 0 Å². The normalized spacial score (nSPS) is 12.3. The Hall–Kier alpha value is -1.47. The summed E-state index contributed by atoms with van der Waals surface area (Å²) in [5.74, 6) is 0.181. The van der Waals surface area contributed by atoms with E-state index in [9.17, 15) is 4.79 Å². The van der Waals surface area contributed by atoms with Crippen LogP contribution < -0.4 is 10.6 Å². The minimum absolute atomic E-state index is 0.0279. The first kappa shape index (κ1) is 18.9. The maximum Gasteiger partial charge on any atom is 0.409 e. The highest BCUT2D eigenvalue weighted by atomic mass is 35.6. The van der Waals surface area contributed by atoms with Crippen molar-refractivity contribution in [2.45, 2.75) is 16.6 Å². The predicted molar refractivity (Wildman–Crippen MR) is 94.5 cm³/mol. The molecule has 1 aromatic heterocycles. The van der Waals surface area contributed by atoms with Gasteiger partial charge in [-0.15, -0.1) is 0 Å². The molecule has 0 fully saturated rings. The first-order chi connectivity index (χ1) is 11.4. The van der Waals surface area contributed by atoms with E-state index in [-0.39, 0.29) is 12.6 Å². The number of nitrogens with zero attached hydrogens (tertiary/aromatic N) is 2. The molecule has 1 unspecified atom stereocenters. The fourth-order valence-corrected chi connectivity index (χ4v) is 2.14. The van der Waals surface area contributed by atoms with Gasteiger partial charge in [-0.3, -0.25) is 5.32 Å². The standard InChI is InChI=1S/C14H12Cl4N4O2/c15-10-5-2-1-4-9(10)8-24-13(23)22-11(14(16,17)18)21-12-19-6-3-7-20-12/h1-7,11H,8H2,(H,22,23)(H,19,20,21). The summed E-state index contributed by atoms with van der Waals surface area (Å²) in [6, 6.07) is 8.60. The van der Waals surface area contributed by atoms with E-state index >= 15 is 0 Å². The first-order valence-corrected chi connectivity index (χ1v) is 8.14. The molecular weight excluding hydrogens is 398 g/mol. The molecule has 2 rings (SSSR count). The SMILES string of the molecule is O=C(NC(Nc1ncccn1)C(Cl)(Cl)Cl)OCc1ccccc1Cl. The molecule has 10 heteroatoms. The van der Waals surface area contributed by atoms with Crippen molar-refractivity contribution < 1.29 is 9.53 Å². The van der Waals surface area contributed by atoms with Crippen LogP contribution in [0.2, 0.25) is 5.02 Å². The van der Waals surface area contributed by atoms with Gasteiger partial charge in [0.1, 0.15) is 6.61 Å². The number of hydrogen-bond acceptors (Lipinski definition) is 5. The summed E-state index contributed by atoms with van der Waals surface area (Å²) < 4.78 is 3.22. The summed E-state index contributed by atoms with van der Waals surface area (Å²) in [5, 5.41) is 5.59. The van der Waals surface area contributed by atoms with Crippen molar-refractivity contribution in [3.8, 4) is 0 Å². The molecule has 1 amide bonds. The Balaban J connectivity index is 1.96. The fourth-order valence-electron chi connectivity index (χ4n) is 1.62. The lowest BCUT2D eigenvalue weighted by atomic mass is 10.2. The number of halogens is 4. The van der Waals surface area contributed by atoms with Crippen LogP contribution >= 0.6 is 46.4 Å². The van der Waals surface area contributed by atoms with E-state index in [1.807, 2.05) is 0 Å². The minimum atomic E-state index is -1.86. The highest BCUT2D eigenvalue weighted by molar-refractivity contribution is 6.68. The molecule has 1 heterocycles. The molecule has 2 aromatic rings. The topological polar surface area (TPSA) is 76.1 Å². The van der Waals surface area contributed by atoms with Crippen LogP contribution in [0.25, 0.3) is 0 Å². The number of carbonyl (C=O) groups is 1. The minimum Gasteiger partial charge on any atom is -0.445 e. The van der Waals surface area contributed by atoms with Crippen LogP contribution in [0.15, 0.2) is 42.7 Å². The number of hydrogen-bond donors (Lipinski definition) is 2. The quantitative estimate of drug-likeness (QED) is 0.572. The van der Waals surface area contributed by atoms with Crippen LogP contribution in [0.5, 0.6) is 0 Å². The molecule has 0 aliphatic carbocycles.